The van der Waals surface area contributed by atoms with E-state index in [1.807, 2.05) is 6.92 Å². The zero-order chi connectivity index (χ0) is 7.56. The Hall–Kier alpha value is -0.100. The minimum absolute atomic E-state index is 0.0243. The van der Waals surface area contributed by atoms with E-state index in [0.29, 0.717) is 5.92 Å². The van der Waals surface area contributed by atoms with Crippen molar-refractivity contribution in [1.29, 1.82) is 0 Å². The van der Waals surface area contributed by atoms with Gasteiger partial charge >= 0.3 is 7.68 Å². The van der Waals surface area contributed by atoms with Gasteiger partial charge in [-0.15, -0.1) is 0 Å². The van der Waals surface area contributed by atoms with E-state index in [2.05, 4.69) is 0 Å². The van der Waals surface area contributed by atoms with Crippen LogP contribution in [0.4, 0.5) is 0 Å². The SMILES string of the molecule is CC1CCCCC1P(=O)=O. The summed E-state index contributed by atoms with van der Waals surface area (Å²) in [5.41, 5.74) is -0.0243. The van der Waals surface area contributed by atoms with Gasteiger partial charge in [0.25, 0.3) is 0 Å². The average molecular weight is 160 g/mol. The standard InChI is InChI=1S/C7H13O2P/c1-6-4-2-3-5-7(6)10(8)9/h6-7H,2-5H2,1H3. The van der Waals surface area contributed by atoms with Crippen LogP contribution in [-0.2, 0) is 9.13 Å². The van der Waals surface area contributed by atoms with E-state index < -0.39 is 7.68 Å². The monoisotopic (exact) mass is 160 g/mol. The van der Waals surface area contributed by atoms with Crippen LogP contribution in [0.25, 0.3) is 0 Å². The summed E-state index contributed by atoms with van der Waals surface area (Å²) in [5, 5.41) is 0. The van der Waals surface area contributed by atoms with E-state index in [4.69, 9.17) is 0 Å². The second kappa shape index (κ2) is 3.34. The van der Waals surface area contributed by atoms with Gasteiger partial charge in [-0.1, -0.05) is 19.8 Å². The summed E-state index contributed by atoms with van der Waals surface area (Å²) in [6.45, 7) is 2.04. The second-order valence-electron chi connectivity index (χ2n) is 3.11. The molecule has 58 valence electrons. The van der Waals surface area contributed by atoms with E-state index in [9.17, 15) is 9.13 Å². The Bertz CT molecular complexity index is 166. The van der Waals surface area contributed by atoms with Crippen molar-refractivity contribution in [2.24, 2.45) is 5.92 Å². The summed E-state index contributed by atoms with van der Waals surface area (Å²) in [4.78, 5) is 0. The van der Waals surface area contributed by atoms with E-state index in [0.717, 1.165) is 19.3 Å². The first-order valence-electron chi connectivity index (χ1n) is 3.85. The molecule has 0 aromatic heterocycles. The summed E-state index contributed by atoms with van der Waals surface area (Å²) in [5.74, 6) is 0.398. The van der Waals surface area contributed by atoms with Crippen LogP contribution >= 0.6 is 7.68 Å². The highest BCUT2D eigenvalue weighted by molar-refractivity contribution is 7.31. The Labute approximate surface area is 61.8 Å². The molecule has 1 rings (SSSR count). The molecule has 0 saturated heterocycles. The molecule has 1 fully saturated rings. The predicted molar refractivity (Wildman–Crippen MR) is 39.7 cm³/mol. The van der Waals surface area contributed by atoms with Crippen LogP contribution in [0.3, 0.4) is 0 Å². The van der Waals surface area contributed by atoms with Gasteiger partial charge in [-0.05, 0) is 18.8 Å². The zero-order valence-corrected chi connectivity index (χ0v) is 7.14. The molecule has 0 amide bonds. The van der Waals surface area contributed by atoms with Gasteiger partial charge in [0.05, 0.1) is 5.66 Å². The molecular weight excluding hydrogens is 147 g/mol. The average Bonchev–Trinajstić information content (AvgIpc) is 1.88. The maximum Gasteiger partial charge on any atom is 0.319 e. The van der Waals surface area contributed by atoms with Crippen LogP contribution in [-0.4, -0.2) is 5.66 Å². The first kappa shape index (κ1) is 8.00. The van der Waals surface area contributed by atoms with E-state index in [1.54, 1.807) is 0 Å². The molecule has 3 heteroatoms. The Kier molecular flexibility index (Phi) is 2.67. The number of rotatable bonds is 1. The molecule has 1 saturated carbocycles. The molecule has 10 heavy (non-hydrogen) atoms. The highest BCUT2D eigenvalue weighted by atomic mass is 31.1. The van der Waals surface area contributed by atoms with Crippen molar-refractivity contribution in [3.8, 4) is 0 Å². The lowest BCUT2D eigenvalue weighted by Gasteiger charge is -2.22. The molecule has 2 nitrogen and oxygen atoms in total. The maximum absolute atomic E-state index is 10.6. The van der Waals surface area contributed by atoms with Gasteiger partial charge in [0.1, 0.15) is 0 Å². The van der Waals surface area contributed by atoms with Gasteiger partial charge < -0.3 is 0 Å². The summed E-state index contributed by atoms with van der Waals surface area (Å²) in [6, 6.07) is 0. The van der Waals surface area contributed by atoms with E-state index in [-0.39, 0.29) is 5.66 Å². The largest absolute Gasteiger partial charge is 0.319 e. The Morgan fingerprint density at radius 3 is 2.20 bits per heavy atom. The summed E-state index contributed by atoms with van der Waals surface area (Å²) >= 11 is 0. The fourth-order valence-electron chi connectivity index (χ4n) is 1.61. The summed E-state index contributed by atoms with van der Waals surface area (Å²) in [6.07, 6.45) is 4.28. The van der Waals surface area contributed by atoms with Crippen LogP contribution in [0, 0.1) is 5.92 Å². The third-order valence-corrected chi connectivity index (χ3v) is 3.65. The Morgan fingerprint density at radius 2 is 1.80 bits per heavy atom. The fraction of sp³-hybridized carbons (Fsp3) is 1.00. The quantitative estimate of drug-likeness (QED) is 0.552. The highest BCUT2D eigenvalue weighted by Gasteiger charge is 2.25. The van der Waals surface area contributed by atoms with Gasteiger partial charge in [0.2, 0.25) is 0 Å². The highest BCUT2D eigenvalue weighted by Crippen LogP contribution is 2.34. The minimum atomic E-state index is -2.16. The topological polar surface area (TPSA) is 34.1 Å². The second-order valence-corrected chi connectivity index (χ2v) is 4.35. The molecule has 0 heterocycles. The van der Waals surface area contributed by atoms with Crippen molar-refractivity contribution in [2.45, 2.75) is 38.3 Å². The molecule has 1 aliphatic rings. The molecule has 1 aliphatic carbocycles. The number of hydrogen-bond acceptors (Lipinski definition) is 2. The van der Waals surface area contributed by atoms with Gasteiger partial charge in [-0.3, -0.25) is 0 Å². The third-order valence-electron chi connectivity index (χ3n) is 2.34. The van der Waals surface area contributed by atoms with Crippen LogP contribution < -0.4 is 0 Å². The van der Waals surface area contributed by atoms with Gasteiger partial charge in [0, 0.05) is 0 Å². The van der Waals surface area contributed by atoms with Crippen molar-refractivity contribution < 1.29 is 9.13 Å². The molecular formula is C7H13O2P. The molecule has 2 unspecified atom stereocenters. The van der Waals surface area contributed by atoms with Crippen LogP contribution in [0.2, 0.25) is 0 Å². The van der Waals surface area contributed by atoms with Crippen LogP contribution in [0.15, 0.2) is 0 Å². The lowest BCUT2D eigenvalue weighted by Crippen LogP contribution is -2.16. The van der Waals surface area contributed by atoms with Gasteiger partial charge in [0.15, 0.2) is 0 Å². The predicted octanol–water partition coefficient (Wildman–Crippen LogP) is 2.74. The van der Waals surface area contributed by atoms with Gasteiger partial charge in [-0.25, -0.2) is 9.13 Å². The first-order valence-corrected chi connectivity index (χ1v) is 5.10. The fourth-order valence-corrected chi connectivity index (χ4v) is 2.57. The molecule has 2 atom stereocenters. The van der Waals surface area contributed by atoms with E-state index >= 15 is 0 Å². The summed E-state index contributed by atoms with van der Waals surface area (Å²) < 4.78 is 21.2. The normalized spacial score (nSPS) is 33.7. The van der Waals surface area contributed by atoms with Crippen molar-refractivity contribution in [1.82, 2.24) is 0 Å². The van der Waals surface area contributed by atoms with Crippen LogP contribution in [0.5, 0.6) is 0 Å². The minimum Gasteiger partial charge on any atom is -0.237 e. The number of hydrogen-bond donors (Lipinski definition) is 0. The smallest absolute Gasteiger partial charge is 0.237 e. The summed E-state index contributed by atoms with van der Waals surface area (Å²) in [7, 11) is -2.16. The molecule has 0 bridgehead atoms. The Morgan fingerprint density at radius 1 is 1.20 bits per heavy atom. The lowest BCUT2D eigenvalue weighted by atomic mass is 9.90. The third kappa shape index (κ3) is 1.69. The van der Waals surface area contributed by atoms with Crippen LogP contribution in [0.1, 0.15) is 32.6 Å². The van der Waals surface area contributed by atoms with E-state index in [1.165, 1.54) is 6.42 Å². The Balaban J connectivity index is 2.56. The van der Waals surface area contributed by atoms with Gasteiger partial charge in [-0.2, -0.15) is 0 Å². The maximum atomic E-state index is 10.6. The molecule has 0 aromatic carbocycles. The lowest BCUT2D eigenvalue weighted by molar-refractivity contribution is 0.374. The van der Waals surface area contributed by atoms with Crippen molar-refractivity contribution in [3.05, 3.63) is 0 Å². The molecule has 0 N–H and O–H groups in total. The molecule has 0 aromatic rings. The molecule has 0 aliphatic heterocycles. The van der Waals surface area contributed by atoms with Crippen molar-refractivity contribution >= 4 is 7.68 Å². The first-order chi connectivity index (χ1) is 4.72. The molecule has 0 radical (unpaired) electrons. The van der Waals surface area contributed by atoms with Crippen molar-refractivity contribution in [2.75, 3.05) is 0 Å². The van der Waals surface area contributed by atoms with Crippen molar-refractivity contribution in [3.63, 3.8) is 0 Å². The molecule has 0 spiro atoms. The zero-order valence-electron chi connectivity index (χ0n) is 6.25.